The normalized spacial score (nSPS) is 11.0. The van der Waals surface area contributed by atoms with Crippen molar-refractivity contribution in [2.24, 2.45) is 0 Å². The number of fused-ring (bicyclic) bond motifs is 1. The molecule has 0 aliphatic heterocycles. The fraction of sp³-hybridized carbons (Fsp3) is 0.130. The molecule has 0 aliphatic carbocycles. The van der Waals surface area contributed by atoms with Crippen molar-refractivity contribution >= 4 is 33.2 Å². The highest BCUT2D eigenvalue weighted by molar-refractivity contribution is 7.17. The molecule has 3 N–H and O–H groups in total. The van der Waals surface area contributed by atoms with Crippen molar-refractivity contribution in [2.45, 2.75) is 20.1 Å². The highest BCUT2D eigenvalue weighted by Crippen LogP contribution is 2.33. The summed E-state index contributed by atoms with van der Waals surface area (Å²) < 4.78 is 38.9. The topological polar surface area (TPSA) is 94.7 Å². The van der Waals surface area contributed by atoms with Crippen LogP contribution in [-0.4, -0.2) is 16.1 Å². The van der Waals surface area contributed by atoms with Crippen LogP contribution in [0.5, 0.6) is 11.5 Å². The predicted octanol–water partition coefficient (Wildman–Crippen LogP) is 5.32. The number of nitrogens with two attached hydrogens (primary N) is 1. The first-order valence-electron chi connectivity index (χ1n) is 9.50. The molecule has 6 nitrogen and oxygen atoms in total. The molecule has 0 aliphatic rings. The minimum Gasteiger partial charge on any atom is -0.489 e. The standard InChI is InChI=1S/C23H18F2N2O4S/c1-12-2-17(30-9-13-4-15(24)6-16(25)5-13)7-18(3-12)31-10-14-11-32-21-19(23(28)29)8-27-22(26)20(14)21/h2-8,11H,9-10H2,1H3,(H2,26,27)(H,28,29). The lowest BCUT2D eigenvalue weighted by molar-refractivity contribution is 0.0699. The van der Waals surface area contributed by atoms with Crippen LogP contribution in [0, 0.1) is 18.6 Å². The molecule has 0 amide bonds. The molecule has 2 aromatic carbocycles. The van der Waals surface area contributed by atoms with Crippen molar-refractivity contribution in [1.29, 1.82) is 0 Å². The number of carboxylic acid groups (broad SMARTS) is 1. The summed E-state index contributed by atoms with van der Waals surface area (Å²) in [5, 5.41) is 11.7. The SMILES string of the molecule is Cc1cc(OCc2cc(F)cc(F)c2)cc(OCc2csc3c(C(=O)O)cnc(N)c23)c1. The first kappa shape index (κ1) is 21.5. The number of aromatic nitrogens is 1. The number of pyridine rings is 1. The molecule has 2 heterocycles. The summed E-state index contributed by atoms with van der Waals surface area (Å²) in [5.74, 6) is -1.17. The van der Waals surface area contributed by atoms with Crippen molar-refractivity contribution in [1.82, 2.24) is 4.98 Å². The van der Waals surface area contributed by atoms with Gasteiger partial charge in [0.25, 0.3) is 0 Å². The first-order chi connectivity index (χ1) is 15.3. The molecule has 32 heavy (non-hydrogen) atoms. The van der Waals surface area contributed by atoms with Gasteiger partial charge in [-0.3, -0.25) is 0 Å². The molecule has 0 unspecified atom stereocenters. The van der Waals surface area contributed by atoms with Crippen LogP contribution in [0.4, 0.5) is 14.6 Å². The van der Waals surface area contributed by atoms with E-state index in [9.17, 15) is 18.7 Å². The molecule has 0 radical (unpaired) electrons. The number of nitrogens with zero attached hydrogens (tertiary/aromatic N) is 1. The molecule has 0 atom stereocenters. The Bertz CT molecular complexity index is 1300. The second kappa shape index (κ2) is 8.80. The Morgan fingerprint density at radius 1 is 1.06 bits per heavy atom. The Labute approximate surface area is 185 Å². The van der Waals surface area contributed by atoms with Gasteiger partial charge >= 0.3 is 5.97 Å². The fourth-order valence-electron chi connectivity index (χ4n) is 3.29. The van der Waals surface area contributed by atoms with Crippen LogP contribution in [0.2, 0.25) is 0 Å². The van der Waals surface area contributed by atoms with Gasteiger partial charge < -0.3 is 20.3 Å². The van der Waals surface area contributed by atoms with Crippen molar-refractivity contribution in [3.05, 3.63) is 81.9 Å². The number of halogens is 2. The lowest BCUT2D eigenvalue weighted by atomic mass is 10.1. The Kier molecular flexibility index (Phi) is 5.91. The number of nitrogen functional groups attached to an aromatic ring is 1. The van der Waals surface area contributed by atoms with Gasteiger partial charge in [-0.2, -0.15) is 0 Å². The average molecular weight is 456 g/mol. The number of aromatic carboxylic acids is 1. The minimum absolute atomic E-state index is 0.00703. The van der Waals surface area contributed by atoms with E-state index in [0.29, 0.717) is 27.1 Å². The number of rotatable bonds is 7. The number of benzene rings is 2. The van der Waals surface area contributed by atoms with E-state index >= 15 is 0 Å². The van der Waals surface area contributed by atoms with Crippen molar-refractivity contribution in [2.75, 3.05) is 5.73 Å². The quantitative estimate of drug-likeness (QED) is 0.391. The highest BCUT2D eigenvalue weighted by Gasteiger charge is 2.17. The van der Waals surface area contributed by atoms with E-state index in [1.807, 2.05) is 13.0 Å². The summed E-state index contributed by atoms with van der Waals surface area (Å²) in [6.07, 6.45) is 1.25. The smallest absolute Gasteiger partial charge is 0.338 e. The third-order valence-electron chi connectivity index (χ3n) is 4.68. The second-order valence-electron chi connectivity index (χ2n) is 7.16. The third-order valence-corrected chi connectivity index (χ3v) is 5.74. The molecule has 0 saturated heterocycles. The van der Waals surface area contributed by atoms with E-state index in [0.717, 1.165) is 17.2 Å². The van der Waals surface area contributed by atoms with Crippen LogP contribution >= 0.6 is 11.3 Å². The number of anilines is 1. The maximum Gasteiger partial charge on any atom is 0.338 e. The molecule has 4 aromatic rings. The molecule has 164 valence electrons. The van der Waals surface area contributed by atoms with Gasteiger partial charge in [-0.1, -0.05) is 0 Å². The first-order valence-corrected chi connectivity index (χ1v) is 10.4. The number of carboxylic acids is 1. The predicted molar refractivity (Wildman–Crippen MR) is 117 cm³/mol. The Balaban J connectivity index is 1.51. The van der Waals surface area contributed by atoms with Crippen LogP contribution in [0.1, 0.15) is 27.0 Å². The zero-order valence-corrected chi connectivity index (χ0v) is 17.7. The zero-order chi connectivity index (χ0) is 22.8. The maximum absolute atomic E-state index is 13.4. The summed E-state index contributed by atoms with van der Waals surface area (Å²) in [4.78, 5) is 15.4. The monoisotopic (exact) mass is 456 g/mol. The van der Waals surface area contributed by atoms with Gasteiger partial charge in [0.2, 0.25) is 0 Å². The zero-order valence-electron chi connectivity index (χ0n) is 16.9. The van der Waals surface area contributed by atoms with E-state index in [2.05, 4.69) is 4.98 Å². The number of thiophene rings is 1. The molecular formula is C23H18F2N2O4S. The molecule has 4 rings (SSSR count). The molecule has 9 heteroatoms. The summed E-state index contributed by atoms with van der Waals surface area (Å²) in [7, 11) is 0. The van der Waals surface area contributed by atoms with Crippen molar-refractivity contribution < 1.29 is 28.2 Å². The van der Waals surface area contributed by atoms with E-state index in [1.54, 1.807) is 17.5 Å². The van der Waals surface area contributed by atoms with Crippen LogP contribution in [-0.2, 0) is 13.2 Å². The fourth-order valence-corrected chi connectivity index (χ4v) is 4.36. The summed E-state index contributed by atoms with van der Waals surface area (Å²) >= 11 is 1.27. The molecule has 0 bridgehead atoms. The van der Waals surface area contributed by atoms with E-state index in [4.69, 9.17) is 15.2 Å². The Morgan fingerprint density at radius 2 is 1.72 bits per heavy atom. The summed E-state index contributed by atoms with van der Waals surface area (Å²) in [6, 6.07) is 8.49. The van der Waals surface area contributed by atoms with Gasteiger partial charge in [-0.05, 0) is 47.7 Å². The number of hydrogen-bond donors (Lipinski definition) is 2. The summed E-state index contributed by atoms with van der Waals surface area (Å²) in [5.41, 5.74) is 8.02. The van der Waals surface area contributed by atoms with Gasteiger partial charge in [-0.25, -0.2) is 18.6 Å². The van der Waals surface area contributed by atoms with E-state index < -0.39 is 17.6 Å². The van der Waals surface area contributed by atoms with Crippen LogP contribution in [0.3, 0.4) is 0 Å². The van der Waals surface area contributed by atoms with E-state index in [1.165, 1.54) is 29.7 Å². The number of aryl methyl sites for hydroxylation is 1. The average Bonchev–Trinajstić information content (AvgIpc) is 3.15. The molecule has 2 aromatic heterocycles. The van der Waals surface area contributed by atoms with Gasteiger partial charge in [0.15, 0.2) is 0 Å². The lowest BCUT2D eigenvalue weighted by Crippen LogP contribution is -2.02. The molecule has 0 fully saturated rings. The Morgan fingerprint density at radius 3 is 2.38 bits per heavy atom. The van der Waals surface area contributed by atoms with Crippen LogP contribution in [0.15, 0.2) is 48.0 Å². The minimum atomic E-state index is -1.07. The van der Waals surface area contributed by atoms with E-state index in [-0.39, 0.29) is 24.6 Å². The number of ether oxygens (including phenoxy) is 2. The van der Waals surface area contributed by atoms with Crippen LogP contribution in [0.25, 0.3) is 10.1 Å². The van der Waals surface area contributed by atoms with Gasteiger partial charge in [0.05, 0.1) is 10.3 Å². The number of carbonyl (C=O) groups is 1. The van der Waals surface area contributed by atoms with Gasteiger partial charge in [0.1, 0.15) is 42.2 Å². The molecule has 0 saturated carbocycles. The van der Waals surface area contributed by atoms with Gasteiger partial charge in [0, 0.05) is 29.3 Å². The maximum atomic E-state index is 13.4. The van der Waals surface area contributed by atoms with Crippen LogP contribution < -0.4 is 15.2 Å². The Hall–Kier alpha value is -3.72. The second-order valence-corrected chi connectivity index (χ2v) is 8.04. The third kappa shape index (κ3) is 4.62. The number of hydrogen-bond acceptors (Lipinski definition) is 6. The molecular weight excluding hydrogens is 438 g/mol. The highest BCUT2D eigenvalue weighted by atomic mass is 32.1. The van der Waals surface area contributed by atoms with Crippen molar-refractivity contribution in [3.63, 3.8) is 0 Å². The van der Waals surface area contributed by atoms with Gasteiger partial charge in [-0.15, -0.1) is 11.3 Å². The van der Waals surface area contributed by atoms with Crippen molar-refractivity contribution in [3.8, 4) is 11.5 Å². The summed E-state index contributed by atoms with van der Waals surface area (Å²) in [6.45, 7) is 2.00. The largest absolute Gasteiger partial charge is 0.489 e. The molecule has 0 spiro atoms. The lowest BCUT2D eigenvalue weighted by Gasteiger charge is -2.12.